The van der Waals surface area contributed by atoms with E-state index in [9.17, 15) is 8.42 Å². The van der Waals surface area contributed by atoms with Gasteiger partial charge in [0, 0.05) is 0 Å². The van der Waals surface area contributed by atoms with Gasteiger partial charge in [-0.2, -0.15) is 5.10 Å². The molecule has 0 aliphatic carbocycles. The van der Waals surface area contributed by atoms with Crippen molar-refractivity contribution >= 4 is 33.0 Å². The Morgan fingerprint density at radius 3 is 2.47 bits per heavy atom. The molecule has 0 spiro atoms. The molecule has 0 amide bonds. The summed E-state index contributed by atoms with van der Waals surface area (Å²) in [6.45, 7) is 0. The minimum Gasteiger partial charge on any atom is -0.229 e. The van der Waals surface area contributed by atoms with Crippen LogP contribution in [0.25, 0.3) is 0 Å². The van der Waals surface area contributed by atoms with Crippen LogP contribution in [-0.4, -0.2) is 30.1 Å². The van der Waals surface area contributed by atoms with Crippen LogP contribution in [0.4, 0.5) is 0 Å². The van der Waals surface area contributed by atoms with Gasteiger partial charge in [-0.25, -0.2) is 8.42 Å². The normalized spacial score (nSPS) is 20.4. The van der Waals surface area contributed by atoms with Crippen molar-refractivity contribution in [3.8, 4) is 0 Å². The molecular weight excluding hydrogens is 283 g/mol. The Bertz CT molecular complexity index is 505. The number of halogens is 2. The Labute approximate surface area is 110 Å². The molecule has 0 saturated carbocycles. The van der Waals surface area contributed by atoms with Crippen LogP contribution in [-0.2, 0) is 16.3 Å². The van der Waals surface area contributed by atoms with Crippen molar-refractivity contribution in [1.29, 1.82) is 0 Å². The van der Waals surface area contributed by atoms with Gasteiger partial charge >= 0.3 is 0 Å². The van der Waals surface area contributed by atoms with Crippen LogP contribution in [0.15, 0.2) is 6.07 Å². The Morgan fingerprint density at radius 1 is 1.24 bits per heavy atom. The highest BCUT2D eigenvalue weighted by atomic mass is 35.5. The largest absolute Gasteiger partial charge is 0.229 e. The predicted molar refractivity (Wildman–Crippen MR) is 67.1 cm³/mol. The molecule has 1 fully saturated rings. The smallest absolute Gasteiger partial charge is 0.170 e. The summed E-state index contributed by atoms with van der Waals surface area (Å²) in [4.78, 5) is 0. The fourth-order valence-electron chi connectivity index (χ4n) is 1.93. The lowest BCUT2D eigenvalue weighted by Crippen LogP contribution is -2.24. The first-order chi connectivity index (χ1) is 7.96. The fourth-order valence-corrected chi connectivity index (χ4v) is 3.77. The van der Waals surface area contributed by atoms with E-state index in [1.54, 1.807) is 6.07 Å². The molecule has 1 aliphatic rings. The molecule has 94 valence electrons. The monoisotopic (exact) mass is 294 g/mol. The number of sulfone groups is 1. The second kappa shape index (κ2) is 5.08. The third-order valence-corrected chi connectivity index (χ3v) is 5.31. The van der Waals surface area contributed by atoms with Crippen LogP contribution < -0.4 is 0 Å². The lowest BCUT2D eigenvalue weighted by atomic mass is 9.97. The van der Waals surface area contributed by atoms with Gasteiger partial charge in [-0.3, -0.25) is 0 Å². The lowest BCUT2D eigenvalue weighted by Gasteiger charge is -2.21. The molecule has 0 aromatic carbocycles. The van der Waals surface area contributed by atoms with Crippen molar-refractivity contribution in [2.75, 3.05) is 11.5 Å². The number of hydrogen-bond acceptors (Lipinski definition) is 4. The maximum Gasteiger partial charge on any atom is 0.170 e. The van der Waals surface area contributed by atoms with Crippen molar-refractivity contribution in [2.45, 2.75) is 19.3 Å². The topological polar surface area (TPSA) is 59.9 Å². The minimum atomic E-state index is -2.81. The van der Waals surface area contributed by atoms with E-state index in [4.69, 9.17) is 23.2 Å². The fraction of sp³-hybridized carbons (Fsp3) is 0.600. The van der Waals surface area contributed by atoms with Gasteiger partial charge in [0.15, 0.2) is 5.15 Å². The Morgan fingerprint density at radius 2 is 1.88 bits per heavy atom. The van der Waals surface area contributed by atoms with E-state index >= 15 is 0 Å². The van der Waals surface area contributed by atoms with Gasteiger partial charge in [0.25, 0.3) is 0 Å². The first kappa shape index (κ1) is 13.1. The first-order valence-corrected chi connectivity index (χ1v) is 7.92. The Hall–Kier alpha value is -0.390. The standard InChI is InChI=1S/C10H12Cl2N2O2S/c11-9-6-8(13-14-10(9)12)5-7-1-3-17(15,16)4-2-7/h6-7H,1-5H2. The average molecular weight is 295 g/mol. The van der Waals surface area contributed by atoms with Crippen LogP contribution in [0.3, 0.4) is 0 Å². The zero-order valence-corrected chi connectivity index (χ0v) is 11.4. The van der Waals surface area contributed by atoms with E-state index in [1.165, 1.54) is 0 Å². The molecule has 1 saturated heterocycles. The molecule has 1 aromatic heterocycles. The number of hydrogen-bond donors (Lipinski definition) is 0. The van der Waals surface area contributed by atoms with E-state index in [0.29, 0.717) is 30.2 Å². The zero-order valence-electron chi connectivity index (χ0n) is 9.07. The number of rotatable bonds is 2. The molecule has 0 atom stereocenters. The van der Waals surface area contributed by atoms with E-state index in [2.05, 4.69) is 10.2 Å². The van der Waals surface area contributed by atoms with Crippen LogP contribution in [0.2, 0.25) is 10.2 Å². The van der Waals surface area contributed by atoms with E-state index in [-0.39, 0.29) is 16.7 Å². The van der Waals surface area contributed by atoms with Crippen LogP contribution >= 0.6 is 23.2 Å². The van der Waals surface area contributed by atoms with Gasteiger partial charge in [0.2, 0.25) is 0 Å². The summed E-state index contributed by atoms with van der Waals surface area (Å²) in [5.41, 5.74) is 0.767. The molecule has 7 heteroatoms. The summed E-state index contributed by atoms with van der Waals surface area (Å²) < 4.78 is 22.6. The highest BCUT2D eigenvalue weighted by Gasteiger charge is 2.24. The van der Waals surface area contributed by atoms with Crippen molar-refractivity contribution in [3.63, 3.8) is 0 Å². The Kier molecular flexibility index (Phi) is 3.90. The summed E-state index contributed by atoms with van der Waals surface area (Å²) in [5.74, 6) is 0.879. The average Bonchev–Trinajstić information content (AvgIpc) is 2.27. The van der Waals surface area contributed by atoms with Gasteiger partial charge in [0.1, 0.15) is 9.84 Å². The minimum absolute atomic E-state index is 0.196. The highest BCUT2D eigenvalue weighted by molar-refractivity contribution is 7.91. The van der Waals surface area contributed by atoms with Gasteiger partial charge in [-0.05, 0) is 31.2 Å². The maximum absolute atomic E-state index is 11.3. The highest BCUT2D eigenvalue weighted by Crippen LogP contribution is 2.24. The number of aromatic nitrogens is 2. The lowest BCUT2D eigenvalue weighted by molar-refractivity contribution is 0.457. The van der Waals surface area contributed by atoms with Gasteiger partial charge in [-0.15, -0.1) is 5.10 Å². The zero-order chi connectivity index (χ0) is 12.5. The van der Waals surface area contributed by atoms with Crippen LogP contribution in [0.5, 0.6) is 0 Å². The molecule has 1 aliphatic heterocycles. The first-order valence-electron chi connectivity index (χ1n) is 5.34. The SMILES string of the molecule is O=S1(=O)CCC(Cc2cc(Cl)c(Cl)nn2)CC1. The summed E-state index contributed by atoms with van der Waals surface area (Å²) in [5, 5.41) is 8.28. The predicted octanol–water partition coefficient (Wildman–Crippen LogP) is 2.15. The molecule has 0 unspecified atom stereocenters. The third-order valence-electron chi connectivity index (χ3n) is 2.93. The molecule has 1 aromatic rings. The summed E-state index contributed by atoms with van der Waals surface area (Å²) in [6.07, 6.45) is 2.08. The molecule has 2 rings (SSSR count). The molecule has 0 radical (unpaired) electrons. The summed E-state index contributed by atoms with van der Waals surface area (Å²) in [6, 6.07) is 1.69. The molecule has 4 nitrogen and oxygen atoms in total. The Balaban J connectivity index is 2.00. The molecule has 0 N–H and O–H groups in total. The van der Waals surface area contributed by atoms with Gasteiger partial charge in [0.05, 0.1) is 22.2 Å². The molecule has 2 heterocycles. The second-order valence-corrected chi connectivity index (χ2v) is 7.34. The quantitative estimate of drug-likeness (QED) is 0.839. The van der Waals surface area contributed by atoms with Crippen molar-refractivity contribution in [2.24, 2.45) is 5.92 Å². The van der Waals surface area contributed by atoms with Crippen LogP contribution in [0.1, 0.15) is 18.5 Å². The van der Waals surface area contributed by atoms with E-state index < -0.39 is 9.84 Å². The summed E-state index contributed by atoms with van der Waals surface area (Å²) >= 11 is 11.5. The molecule has 0 bridgehead atoms. The van der Waals surface area contributed by atoms with Gasteiger partial charge in [-0.1, -0.05) is 23.2 Å². The van der Waals surface area contributed by atoms with E-state index in [0.717, 1.165) is 5.69 Å². The third kappa shape index (κ3) is 3.53. The molecule has 17 heavy (non-hydrogen) atoms. The van der Waals surface area contributed by atoms with Crippen LogP contribution in [0, 0.1) is 5.92 Å². The summed E-state index contributed by atoms with van der Waals surface area (Å²) in [7, 11) is -2.81. The van der Waals surface area contributed by atoms with Crippen molar-refractivity contribution in [1.82, 2.24) is 10.2 Å². The second-order valence-electron chi connectivity index (χ2n) is 4.27. The van der Waals surface area contributed by atoms with Crippen molar-refractivity contribution < 1.29 is 8.42 Å². The maximum atomic E-state index is 11.3. The number of nitrogens with zero attached hydrogens (tertiary/aromatic N) is 2. The van der Waals surface area contributed by atoms with E-state index in [1.807, 2.05) is 0 Å². The molecular formula is C10H12Cl2N2O2S. The van der Waals surface area contributed by atoms with Crippen molar-refractivity contribution in [3.05, 3.63) is 21.9 Å². The van der Waals surface area contributed by atoms with Gasteiger partial charge < -0.3 is 0 Å².